The molecule has 10 nitrogen and oxygen atoms in total. The average Bonchev–Trinajstić information content (AvgIpc) is 3.42. The molecular formula is C18H21N7O3. The third-order valence-electron chi connectivity index (χ3n) is 4.88. The molecule has 0 bridgehead atoms. The van der Waals surface area contributed by atoms with Crippen molar-refractivity contribution in [3.05, 3.63) is 47.9 Å². The van der Waals surface area contributed by atoms with Crippen molar-refractivity contribution in [1.29, 1.82) is 0 Å². The van der Waals surface area contributed by atoms with Crippen molar-refractivity contribution in [2.75, 3.05) is 25.5 Å². The summed E-state index contributed by atoms with van der Waals surface area (Å²) < 4.78 is 10.1. The molecule has 28 heavy (non-hydrogen) atoms. The minimum atomic E-state index is -0.200. The third kappa shape index (κ3) is 2.92. The standard InChI is InChI=1S/C18H21N7O3/c1-4-15(26)23-7-5-12(9-23)25-11-13(16-19-6-8-24(16)18(25)27)20-14-10-22(2)21-17(14)28-3/h4,6,8,10-12,20H,1,5,7,9H2,2-3H3. The number of rotatable bonds is 5. The van der Waals surface area contributed by atoms with Gasteiger partial charge in [0.1, 0.15) is 5.69 Å². The zero-order chi connectivity index (χ0) is 19.8. The second kappa shape index (κ2) is 6.87. The molecule has 1 atom stereocenters. The fourth-order valence-electron chi connectivity index (χ4n) is 3.53. The lowest BCUT2D eigenvalue weighted by Crippen LogP contribution is -2.32. The van der Waals surface area contributed by atoms with E-state index in [1.165, 1.54) is 10.5 Å². The van der Waals surface area contributed by atoms with Crippen molar-refractivity contribution in [3.8, 4) is 5.88 Å². The lowest BCUT2D eigenvalue weighted by Gasteiger charge is -2.18. The van der Waals surface area contributed by atoms with E-state index in [0.717, 1.165) is 0 Å². The van der Waals surface area contributed by atoms with E-state index in [1.54, 1.807) is 53.1 Å². The highest BCUT2D eigenvalue weighted by Crippen LogP contribution is 2.28. The number of nitrogens with zero attached hydrogens (tertiary/aromatic N) is 6. The summed E-state index contributed by atoms with van der Waals surface area (Å²) in [7, 11) is 3.34. The second-order valence-corrected chi connectivity index (χ2v) is 6.64. The fraction of sp³-hybridized carbons (Fsp3) is 0.333. The van der Waals surface area contributed by atoms with Crippen LogP contribution in [0.1, 0.15) is 12.5 Å². The molecule has 0 spiro atoms. The van der Waals surface area contributed by atoms with Gasteiger partial charge in [-0.15, -0.1) is 5.10 Å². The number of likely N-dealkylation sites (tertiary alicyclic amines) is 1. The first-order valence-electron chi connectivity index (χ1n) is 8.86. The summed E-state index contributed by atoms with van der Waals surface area (Å²) in [5.74, 6) is 0.311. The van der Waals surface area contributed by atoms with Gasteiger partial charge in [-0.3, -0.25) is 14.0 Å². The number of aryl methyl sites for hydroxylation is 1. The quantitative estimate of drug-likeness (QED) is 0.659. The first kappa shape index (κ1) is 17.8. The largest absolute Gasteiger partial charge is 0.478 e. The molecule has 1 amide bonds. The topological polar surface area (TPSA) is 98.7 Å². The number of hydrogen-bond donors (Lipinski definition) is 1. The number of nitrogens with one attached hydrogen (secondary N) is 1. The maximum Gasteiger partial charge on any atom is 0.334 e. The first-order chi connectivity index (χ1) is 13.5. The Morgan fingerprint density at radius 3 is 2.96 bits per heavy atom. The summed E-state index contributed by atoms with van der Waals surface area (Å²) >= 11 is 0. The summed E-state index contributed by atoms with van der Waals surface area (Å²) in [5.41, 5.74) is 1.61. The SMILES string of the molecule is C=CC(=O)N1CCC(n2cc(Nc3cn(C)nc3OC)c3nccn3c2=O)C1. The summed E-state index contributed by atoms with van der Waals surface area (Å²) in [6, 6.07) is -0.125. The van der Waals surface area contributed by atoms with Crippen molar-refractivity contribution in [2.45, 2.75) is 12.5 Å². The second-order valence-electron chi connectivity index (χ2n) is 6.64. The molecule has 1 aliphatic heterocycles. The van der Waals surface area contributed by atoms with Crippen LogP contribution in [0.5, 0.6) is 5.88 Å². The molecule has 4 heterocycles. The maximum absolute atomic E-state index is 12.9. The van der Waals surface area contributed by atoms with Crippen LogP contribution in [-0.4, -0.2) is 54.7 Å². The van der Waals surface area contributed by atoms with E-state index < -0.39 is 0 Å². The summed E-state index contributed by atoms with van der Waals surface area (Å²) in [6.07, 6.45) is 8.72. The van der Waals surface area contributed by atoms with Crippen molar-refractivity contribution >= 4 is 22.9 Å². The Labute approximate surface area is 160 Å². The van der Waals surface area contributed by atoms with Crippen molar-refractivity contribution in [1.82, 2.24) is 28.6 Å². The predicted molar refractivity (Wildman–Crippen MR) is 103 cm³/mol. The lowest BCUT2D eigenvalue weighted by molar-refractivity contribution is -0.125. The normalized spacial score (nSPS) is 16.5. The Kier molecular flexibility index (Phi) is 4.38. The molecule has 0 aliphatic carbocycles. The number of carbonyl (C=O) groups is 1. The third-order valence-corrected chi connectivity index (χ3v) is 4.88. The first-order valence-corrected chi connectivity index (χ1v) is 8.86. The van der Waals surface area contributed by atoms with Crippen LogP contribution >= 0.6 is 0 Å². The highest BCUT2D eigenvalue weighted by Gasteiger charge is 2.28. The van der Waals surface area contributed by atoms with Gasteiger partial charge in [0.25, 0.3) is 5.88 Å². The van der Waals surface area contributed by atoms with E-state index in [1.807, 2.05) is 0 Å². The zero-order valence-corrected chi connectivity index (χ0v) is 15.7. The van der Waals surface area contributed by atoms with Crippen LogP contribution < -0.4 is 15.7 Å². The predicted octanol–water partition coefficient (Wildman–Crippen LogP) is 0.941. The van der Waals surface area contributed by atoms with Crippen molar-refractivity contribution in [2.24, 2.45) is 7.05 Å². The monoisotopic (exact) mass is 383 g/mol. The molecule has 1 unspecified atom stereocenters. The minimum Gasteiger partial charge on any atom is -0.478 e. The molecule has 4 rings (SSSR count). The van der Waals surface area contributed by atoms with Crippen LogP contribution in [0.25, 0.3) is 5.65 Å². The highest BCUT2D eigenvalue weighted by molar-refractivity contribution is 5.87. The Hall–Kier alpha value is -3.56. The van der Waals surface area contributed by atoms with Crippen LogP contribution in [-0.2, 0) is 11.8 Å². The number of fused-ring (bicyclic) bond motifs is 1. The molecule has 0 saturated carbocycles. The molecule has 1 saturated heterocycles. The Balaban J connectivity index is 1.75. The molecule has 0 aromatic carbocycles. The number of hydrogen-bond acceptors (Lipinski definition) is 6. The van der Waals surface area contributed by atoms with Crippen LogP contribution in [0, 0.1) is 0 Å². The Morgan fingerprint density at radius 2 is 2.21 bits per heavy atom. The van der Waals surface area contributed by atoms with Gasteiger partial charge in [-0.1, -0.05) is 6.58 Å². The number of amides is 1. The van der Waals surface area contributed by atoms with Gasteiger partial charge in [0.15, 0.2) is 5.65 Å². The van der Waals surface area contributed by atoms with E-state index in [9.17, 15) is 9.59 Å². The van der Waals surface area contributed by atoms with E-state index in [2.05, 4.69) is 22.0 Å². The van der Waals surface area contributed by atoms with Crippen LogP contribution in [0.15, 0.2) is 42.2 Å². The summed E-state index contributed by atoms with van der Waals surface area (Å²) in [6.45, 7) is 4.58. The molecule has 3 aromatic rings. The number of ether oxygens (including phenoxy) is 1. The molecule has 1 fully saturated rings. The number of aromatic nitrogens is 5. The van der Waals surface area contributed by atoms with Crippen molar-refractivity contribution < 1.29 is 9.53 Å². The number of methoxy groups -OCH3 is 1. The van der Waals surface area contributed by atoms with E-state index in [0.29, 0.717) is 42.4 Å². The van der Waals surface area contributed by atoms with Gasteiger partial charge in [-0.2, -0.15) is 0 Å². The zero-order valence-electron chi connectivity index (χ0n) is 15.7. The lowest BCUT2D eigenvalue weighted by atomic mass is 10.2. The van der Waals surface area contributed by atoms with E-state index >= 15 is 0 Å². The van der Waals surface area contributed by atoms with Gasteiger partial charge in [-0.05, 0) is 12.5 Å². The summed E-state index contributed by atoms with van der Waals surface area (Å²) in [4.78, 5) is 30.8. The number of carbonyl (C=O) groups excluding carboxylic acids is 1. The molecular weight excluding hydrogens is 362 g/mol. The number of imidazole rings is 1. The van der Waals surface area contributed by atoms with Crippen molar-refractivity contribution in [3.63, 3.8) is 0 Å². The molecule has 3 aromatic heterocycles. The van der Waals surface area contributed by atoms with E-state index in [-0.39, 0.29) is 17.6 Å². The molecule has 0 radical (unpaired) electrons. The van der Waals surface area contributed by atoms with Crippen LogP contribution in [0.2, 0.25) is 0 Å². The molecule has 1 N–H and O–H groups in total. The van der Waals surface area contributed by atoms with Gasteiger partial charge in [0, 0.05) is 38.7 Å². The van der Waals surface area contributed by atoms with Gasteiger partial charge < -0.3 is 15.0 Å². The van der Waals surface area contributed by atoms with E-state index in [4.69, 9.17) is 4.74 Å². The Bertz CT molecular complexity index is 1110. The van der Waals surface area contributed by atoms with Gasteiger partial charge in [0.2, 0.25) is 5.91 Å². The molecule has 1 aliphatic rings. The highest BCUT2D eigenvalue weighted by atomic mass is 16.5. The van der Waals surface area contributed by atoms with Gasteiger partial charge >= 0.3 is 5.69 Å². The van der Waals surface area contributed by atoms with Gasteiger partial charge in [0.05, 0.1) is 25.0 Å². The smallest absolute Gasteiger partial charge is 0.334 e. The molecule has 146 valence electrons. The fourth-order valence-corrected chi connectivity index (χ4v) is 3.53. The Morgan fingerprint density at radius 1 is 1.39 bits per heavy atom. The minimum absolute atomic E-state index is 0.125. The average molecular weight is 383 g/mol. The van der Waals surface area contributed by atoms with Crippen LogP contribution in [0.4, 0.5) is 11.4 Å². The van der Waals surface area contributed by atoms with Crippen LogP contribution in [0.3, 0.4) is 0 Å². The summed E-state index contributed by atoms with van der Waals surface area (Å²) in [5, 5.41) is 7.49. The molecule has 10 heteroatoms. The maximum atomic E-state index is 12.9. The number of anilines is 2. The van der Waals surface area contributed by atoms with Gasteiger partial charge in [-0.25, -0.2) is 14.2 Å².